The van der Waals surface area contributed by atoms with Gasteiger partial charge in [0.1, 0.15) is 0 Å². The van der Waals surface area contributed by atoms with Crippen LogP contribution >= 0.6 is 0 Å². The molecular formula is C10H22FN. The summed E-state index contributed by atoms with van der Waals surface area (Å²) in [7, 11) is 0. The molecule has 74 valence electrons. The molecule has 0 saturated carbocycles. The Bertz CT molecular complexity index is 106. The van der Waals surface area contributed by atoms with Crippen LogP contribution in [0, 0.1) is 0 Å². The van der Waals surface area contributed by atoms with Crippen molar-refractivity contribution in [3.8, 4) is 0 Å². The van der Waals surface area contributed by atoms with Crippen molar-refractivity contribution < 1.29 is 9.60 Å². The van der Waals surface area contributed by atoms with Crippen LogP contribution in [0.4, 0.5) is 0 Å². The molecule has 2 atom stereocenters. The topological polar surface area (TPSA) is 4.44 Å². The number of hydrogen-bond donors (Lipinski definition) is 1. The van der Waals surface area contributed by atoms with Gasteiger partial charge in [-0.05, 0) is 19.8 Å². The molecule has 1 N–H and O–H groups in total. The number of nitrogens with one attached hydrogen (secondary N) is 1. The monoisotopic (exact) mass is 175 g/mol. The van der Waals surface area contributed by atoms with E-state index in [2.05, 4.69) is 13.8 Å². The van der Waals surface area contributed by atoms with Gasteiger partial charge in [0.15, 0.2) is 0 Å². The van der Waals surface area contributed by atoms with Gasteiger partial charge in [-0.2, -0.15) is 0 Å². The van der Waals surface area contributed by atoms with Crippen LogP contribution in [-0.4, -0.2) is 19.1 Å². The van der Waals surface area contributed by atoms with Crippen molar-refractivity contribution in [2.24, 2.45) is 0 Å². The van der Waals surface area contributed by atoms with E-state index in [0.717, 1.165) is 6.04 Å². The van der Waals surface area contributed by atoms with E-state index in [1.54, 1.807) is 0 Å². The Morgan fingerprint density at radius 3 is 2.67 bits per heavy atom. The first-order valence-corrected chi connectivity index (χ1v) is 5.23. The number of hydrogen-bond acceptors (Lipinski definition) is 0. The van der Waals surface area contributed by atoms with Crippen LogP contribution < -0.4 is 9.60 Å². The summed E-state index contributed by atoms with van der Waals surface area (Å²) in [6, 6.07) is 1.01. The Morgan fingerprint density at radius 1 is 1.33 bits per heavy atom. The lowest BCUT2D eigenvalue weighted by Crippen LogP contribution is -3.13. The van der Waals surface area contributed by atoms with Crippen LogP contribution in [-0.2, 0) is 0 Å². The minimum atomic E-state index is 0. The molecule has 0 aromatic carbocycles. The van der Waals surface area contributed by atoms with E-state index in [0.29, 0.717) is 0 Å². The Hall–Kier alpha value is -0.110. The Kier molecular flexibility index (Phi) is 6.35. The maximum atomic E-state index is 2.32. The minimum absolute atomic E-state index is 0. The second-order valence-corrected chi connectivity index (χ2v) is 3.74. The van der Waals surface area contributed by atoms with Crippen molar-refractivity contribution >= 4 is 0 Å². The van der Waals surface area contributed by atoms with Crippen LogP contribution in [0.2, 0.25) is 0 Å². The molecule has 0 aromatic rings. The molecule has 2 heteroatoms. The van der Waals surface area contributed by atoms with E-state index in [1.807, 2.05) is 4.90 Å². The molecule has 1 rings (SSSR count). The van der Waals surface area contributed by atoms with Gasteiger partial charge in [0.2, 0.25) is 0 Å². The van der Waals surface area contributed by atoms with Gasteiger partial charge < -0.3 is 9.60 Å². The summed E-state index contributed by atoms with van der Waals surface area (Å²) in [4.78, 5) is 1.86. The second kappa shape index (κ2) is 6.41. The Morgan fingerprint density at radius 2 is 2.08 bits per heavy atom. The molecule has 0 bridgehead atoms. The fraction of sp³-hybridized carbons (Fsp3) is 1.00. The average molecular weight is 175 g/mol. The smallest absolute Gasteiger partial charge is 0.0876 e. The fourth-order valence-corrected chi connectivity index (χ4v) is 2.25. The van der Waals surface area contributed by atoms with Crippen molar-refractivity contribution in [3.63, 3.8) is 0 Å². The lowest BCUT2D eigenvalue weighted by molar-refractivity contribution is -0.910. The number of likely N-dealkylation sites (tertiary alicyclic amines) is 1. The zero-order valence-electron chi connectivity index (χ0n) is 8.41. The van der Waals surface area contributed by atoms with Gasteiger partial charge in [0.25, 0.3) is 0 Å². The summed E-state index contributed by atoms with van der Waals surface area (Å²) in [5.74, 6) is 0. The van der Waals surface area contributed by atoms with E-state index in [4.69, 9.17) is 0 Å². The molecule has 1 nitrogen and oxygen atoms in total. The van der Waals surface area contributed by atoms with E-state index < -0.39 is 0 Å². The van der Waals surface area contributed by atoms with E-state index in [9.17, 15) is 0 Å². The van der Waals surface area contributed by atoms with Crippen LogP contribution in [0.3, 0.4) is 0 Å². The van der Waals surface area contributed by atoms with E-state index >= 15 is 0 Å². The van der Waals surface area contributed by atoms with Gasteiger partial charge in [-0.25, -0.2) is 0 Å². The maximum absolute atomic E-state index is 2.32. The molecule has 1 fully saturated rings. The molecule has 0 aliphatic carbocycles. The molecular weight excluding hydrogens is 153 g/mol. The molecule has 1 aliphatic heterocycles. The zero-order chi connectivity index (χ0) is 8.10. The fourth-order valence-electron chi connectivity index (χ4n) is 2.25. The van der Waals surface area contributed by atoms with Crippen LogP contribution in [0.5, 0.6) is 0 Å². The van der Waals surface area contributed by atoms with Gasteiger partial charge in [-0.3, -0.25) is 0 Å². The highest BCUT2D eigenvalue weighted by Crippen LogP contribution is 2.07. The van der Waals surface area contributed by atoms with Gasteiger partial charge in [-0.15, -0.1) is 0 Å². The Labute approximate surface area is 75.5 Å². The number of quaternary nitrogens is 1. The lowest BCUT2D eigenvalue weighted by atomic mass is 10.1. The first kappa shape index (κ1) is 11.9. The normalized spacial score (nSPS) is 28.5. The van der Waals surface area contributed by atoms with Crippen molar-refractivity contribution in [1.29, 1.82) is 0 Å². The molecule has 1 aliphatic rings. The standard InChI is InChI=1S/C10H21N.FH/c1-3-5-7-10-8-6-9-11(10)4-2;/h10H,3-9H2,1-2H3;1H. The largest absolute Gasteiger partial charge is 1.00 e. The highest BCUT2D eigenvalue weighted by Gasteiger charge is 2.25. The van der Waals surface area contributed by atoms with E-state index in [1.165, 1.54) is 45.2 Å². The first-order valence-electron chi connectivity index (χ1n) is 5.23. The molecule has 1 saturated heterocycles. The summed E-state index contributed by atoms with van der Waals surface area (Å²) in [6.07, 6.45) is 7.24. The number of unbranched alkanes of at least 4 members (excludes halogenated alkanes) is 1. The third-order valence-corrected chi connectivity index (χ3v) is 2.99. The first-order chi connectivity index (χ1) is 5.38. The summed E-state index contributed by atoms with van der Waals surface area (Å²) in [5.41, 5.74) is 0. The SMILES string of the molecule is CCCCC1CCC[NH+]1CC.[F-]. The second-order valence-electron chi connectivity index (χ2n) is 3.74. The lowest BCUT2D eigenvalue weighted by Gasteiger charge is -2.19. The summed E-state index contributed by atoms with van der Waals surface area (Å²) in [5, 5.41) is 0. The van der Waals surface area contributed by atoms with Crippen molar-refractivity contribution in [3.05, 3.63) is 0 Å². The average Bonchev–Trinajstić information content (AvgIpc) is 2.47. The molecule has 12 heavy (non-hydrogen) atoms. The predicted octanol–water partition coefficient (Wildman–Crippen LogP) is -1.75. The molecule has 1 heterocycles. The molecule has 0 amide bonds. The van der Waals surface area contributed by atoms with Gasteiger partial charge in [0, 0.05) is 12.8 Å². The van der Waals surface area contributed by atoms with E-state index in [-0.39, 0.29) is 4.70 Å². The van der Waals surface area contributed by atoms with Crippen molar-refractivity contribution in [1.82, 2.24) is 0 Å². The highest BCUT2D eigenvalue weighted by molar-refractivity contribution is 4.61. The maximum Gasteiger partial charge on any atom is 0.0876 e. The Balaban J connectivity index is 0.00000121. The van der Waals surface area contributed by atoms with Crippen LogP contribution in [0.1, 0.15) is 46.0 Å². The summed E-state index contributed by atoms with van der Waals surface area (Å²) in [6.45, 7) is 7.39. The molecule has 2 unspecified atom stereocenters. The van der Waals surface area contributed by atoms with Crippen molar-refractivity contribution in [2.45, 2.75) is 52.0 Å². The summed E-state index contributed by atoms with van der Waals surface area (Å²) >= 11 is 0. The third kappa shape index (κ3) is 3.10. The third-order valence-electron chi connectivity index (χ3n) is 2.99. The minimum Gasteiger partial charge on any atom is -1.00 e. The number of halogens is 1. The van der Waals surface area contributed by atoms with Gasteiger partial charge in [-0.1, -0.05) is 13.3 Å². The van der Waals surface area contributed by atoms with Gasteiger partial charge >= 0.3 is 0 Å². The predicted molar refractivity (Wildman–Crippen MR) is 48.9 cm³/mol. The quantitative estimate of drug-likeness (QED) is 0.517. The zero-order valence-corrected chi connectivity index (χ0v) is 8.41. The van der Waals surface area contributed by atoms with Crippen LogP contribution in [0.25, 0.3) is 0 Å². The summed E-state index contributed by atoms with van der Waals surface area (Å²) < 4.78 is 0. The van der Waals surface area contributed by atoms with Gasteiger partial charge in [0.05, 0.1) is 19.1 Å². The molecule has 0 radical (unpaired) electrons. The molecule has 0 aromatic heterocycles. The number of rotatable bonds is 4. The van der Waals surface area contributed by atoms with Crippen LogP contribution in [0.15, 0.2) is 0 Å². The highest BCUT2D eigenvalue weighted by atomic mass is 19.0. The molecule has 0 spiro atoms. The van der Waals surface area contributed by atoms with Crippen molar-refractivity contribution in [2.75, 3.05) is 13.1 Å².